The molecule has 1 aromatic heterocycles. The van der Waals surface area contributed by atoms with Gasteiger partial charge in [-0.05, 0) is 34.5 Å². The Morgan fingerprint density at radius 2 is 2.11 bits per heavy atom. The van der Waals surface area contributed by atoms with Gasteiger partial charge in [0, 0.05) is 28.0 Å². The van der Waals surface area contributed by atoms with Gasteiger partial charge in [-0.15, -0.1) is 0 Å². The van der Waals surface area contributed by atoms with E-state index in [1.165, 1.54) is 0 Å². The molecule has 0 saturated carbocycles. The van der Waals surface area contributed by atoms with Crippen LogP contribution < -0.4 is 0 Å². The highest BCUT2D eigenvalue weighted by Crippen LogP contribution is 2.34. The van der Waals surface area contributed by atoms with Gasteiger partial charge in [-0.1, -0.05) is 35.9 Å². The maximum absolute atomic E-state index is 9.34. The molecule has 94 valence electrons. The van der Waals surface area contributed by atoms with Crippen molar-refractivity contribution in [3.8, 4) is 6.07 Å². The lowest BCUT2D eigenvalue weighted by Crippen LogP contribution is -1.89. The van der Waals surface area contributed by atoms with Gasteiger partial charge < -0.3 is 0 Å². The average molecular weight is 334 g/mol. The van der Waals surface area contributed by atoms with Crippen molar-refractivity contribution in [2.45, 2.75) is 6.92 Å². The molecule has 0 spiro atoms. The number of nitriles is 1. The SMILES string of the molecule is Cc1cccc(/C(Cl)=C(/C#N)c2cccnc2)c1Br. The first-order chi connectivity index (χ1) is 9.15. The van der Waals surface area contributed by atoms with Gasteiger partial charge in [0.1, 0.15) is 6.07 Å². The fourth-order valence-corrected chi connectivity index (χ4v) is 2.59. The molecule has 0 atom stereocenters. The highest BCUT2D eigenvalue weighted by atomic mass is 79.9. The number of pyridine rings is 1. The molecule has 19 heavy (non-hydrogen) atoms. The van der Waals surface area contributed by atoms with Gasteiger partial charge in [-0.2, -0.15) is 5.26 Å². The van der Waals surface area contributed by atoms with E-state index in [0.717, 1.165) is 15.6 Å². The third-order valence-electron chi connectivity index (χ3n) is 2.71. The van der Waals surface area contributed by atoms with Crippen LogP contribution in [0.4, 0.5) is 0 Å². The molecule has 0 aliphatic heterocycles. The summed E-state index contributed by atoms with van der Waals surface area (Å²) in [5, 5.41) is 9.76. The minimum absolute atomic E-state index is 0.418. The Hall–Kier alpha value is -1.63. The van der Waals surface area contributed by atoms with Crippen molar-refractivity contribution in [3.05, 3.63) is 63.9 Å². The smallest absolute Gasteiger partial charge is 0.101 e. The third-order valence-corrected chi connectivity index (χ3v) is 4.15. The third kappa shape index (κ3) is 2.86. The molecule has 0 amide bonds. The number of nitrogens with zero attached hydrogens (tertiary/aromatic N) is 2. The van der Waals surface area contributed by atoms with Crippen LogP contribution >= 0.6 is 27.5 Å². The summed E-state index contributed by atoms with van der Waals surface area (Å²) in [4.78, 5) is 4.01. The number of hydrogen-bond acceptors (Lipinski definition) is 2. The van der Waals surface area contributed by atoms with Crippen LogP contribution in [0.2, 0.25) is 0 Å². The largest absolute Gasteiger partial charge is 0.264 e. The second-order valence-corrected chi connectivity index (χ2v) is 5.15. The summed E-state index contributed by atoms with van der Waals surface area (Å²) in [6.45, 7) is 1.98. The van der Waals surface area contributed by atoms with E-state index in [-0.39, 0.29) is 0 Å². The number of halogens is 2. The van der Waals surface area contributed by atoms with Gasteiger partial charge in [0.15, 0.2) is 0 Å². The zero-order chi connectivity index (χ0) is 13.8. The van der Waals surface area contributed by atoms with Gasteiger partial charge in [0.25, 0.3) is 0 Å². The Kier molecular flexibility index (Phi) is 4.36. The number of hydrogen-bond donors (Lipinski definition) is 0. The van der Waals surface area contributed by atoms with E-state index in [0.29, 0.717) is 16.2 Å². The molecule has 4 heteroatoms. The van der Waals surface area contributed by atoms with Crippen molar-refractivity contribution in [2.75, 3.05) is 0 Å². The first-order valence-corrected chi connectivity index (χ1v) is 6.78. The first-order valence-electron chi connectivity index (χ1n) is 5.61. The Morgan fingerprint density at radius 3 is 2.74 bits per heavy atom. The van der Waals surface area contributed by atoms with E-state index in [1.807, 2.05) is 31.2 Å². The Bertz CT molecular complexity index is 672. The highest BCUT2D eigenvalue weighted by molar-refractivity contribution is 9.10. The van der Waals surface area contributed by atoms with Crippen molar-refractivity contribution in [3.63, 3.8) is 0 Å². The molecule has 2 rings (SSSR count). The normalized spacial score (nSPS) is 11.7. The number of benzene rings is 1. The van der Waals surface area contributed by atoms with Gasteiger partial charge in [-0.25, -0.2) is 0 Å². The van der Waals surface area contributed by atoms with Crippen LogP contribution in [0.15, 0.2) is 47.2 Å². The zero-order valence-corrected chi connectivity index (χ0v) is 12.5. The van der Waals surface area contributed by atoms with Crippen LogP contribution in [0.1, 0.15) is 16.7 Å². The van der Waals surface area contributed by atoms with E-state index < -0.39 is 0 Å². The van der Waals surface area contributed by atoms with Crippen LogP contribution in [-0.2, 0) is 0 Å². The maximum Gasteiger partial charge on any atom is 0.101 e. The zero-order valence-electron chi connectivity index (χ0n) is 10.2. The van der Waals surface area contributed by atoms with E-state index >= 15 is 0 Å². The second-order valence-electron chi connectivity index (χ2n) is 3.98. The fourth-order valence-electron chi connectivity index (χ4n) is 1.70. The lowest BCUT2D eigenvalue weighted by molar-refractivity contribution is 1.31. The van der Waals surface area contributed by atoms with E-state index in [2.05, 4.69) is 27.0 Å². The summed E-state index contributed by atoms with van der Waals surface area (Å²) >= 11 is 9.89. The minimum atomic E-state index is 0.418. The minimum Gasteiger partial charge on any atom is -0.264 e. The van der Waals surface area contributed by atoms with Crippen molar-refractivity contribution < 1.29 is 0 Å². The molecule has 1 aromatic carbocycles. The Labute approximate surface area is 125 Å². The van der Waals surface area contributed by atoms with Crippen molar-refractivity contribution in [2.24, 2.45) is 0 Å². The lowest BCUT2D eigenvalue weighted by Gasteiger charge is -2.08. The summed E-state index contributed by atoms with van der Waals surface area (Å²) < 4.78 is 0.900. The van der Waals surface area contributed by atoms with Crippen LogP contribution in [-0.4, -0.2) is 4.98 Å². The van der Waals surface area contributed by atoms with Crippen LogP contribution in [0.25, 0.3) is 10.6 Å². The molecule has 1 heterocycles. The summed E-state index contributed by atoms with van der Waals surface area (Å²) in [5.74, 6) is 0. The summed E-state index contributed by atoms with van der Waals surface area (Å²) in [7, 11) is 0. The molecular formula is C15H10BrClN2. The number of aryl methyl sites for hydroxylation is 1. The van der Waals surface area contributed by atoms with Gasteiger partial charge >= 0.3 is 0 Å². The first kappa shape index (κ1) is 13.8. The lowest BCUT2D eigenvalue weighted by atomic mass is 10.0. The van der Waals surface area contributed by atoms with E-state index in [1.54, 1.807) is 18.5 Å². The van der Waals surface area contributed by atoms with E-state index in [9.17, 15) is 5.26 Å². The molecule has 0 bridgehead atoms. The highest BCUT2D eigenvalue weighted by Gasteiger charge is 2.13. The molecule has 0 aliphatic carbocycles. The predicted molar refractivity (Wildman–Crippen MR) is 81.4 cm³/mol. The van der Waals surface area contributed by atoms with Gasteiger partial charge in [0.2, 0.25) is 0 Å². The van der Waals surface area contributed by atoms with Crippen molar-refractivity contribution in [1.29, 1.82) is 5.26 Å². The summed E-state index contributed by atoms with van der Waals surface area (Å²) in [6, 6.07) is 11.5. The topological polar surface area (TPSA) is 36.7 Å². The molecule has 0 radical (unpaired) electrons. The molecule has 2 nitrogen and oxygen atoms in total. The summed E-state index contributed by atoms with van der Waals surface area (Å²) in [5.41, 5.74) is 3.01. The molecule has 0 aliphatic rings. The molecule has 2 aromatic rings. The molecule has 0 unspecified atom stereocenters. The van der Waals surface area contributed by atoms with Gasteiger partial charge in [-0.3, -0.25) is 4.98 Å². The van der Waals surface area contributed by atoms with Crippen molar-refractivity contribution in [1.82, 2.24) is 4.98 Å². The number of rotatable bonds is 2. The fraction of sp³-hybridized carbons (Fsp3) is 0.0667. The number of aromatic nitrogens is 1. The van der Waals surface area contributed by atoms with Gasteiger partial charge in [0.05, 0.1) is 10.6 Å². The predicted octanol–water partition coefficient (Wildman–Crippen LogP) is 4.78. The molecular weight excluding hydrogens is 324 g/mol. The van der Waals surface area contributed by atoms with Crippen LogP contribution in [0.5, 0.6) is 0 Å². The Morgan fingerprint density at radius 1 is 1.32 bits per heavy atom. The number of allylic oxidation sites excluding steroid dienone is 1. The molecule has 0 fully saturated rings. The second kappa shape index (κ2) is 6.01. The van der Waals surface area contributed by atoms with Crippen LogP contribution in [0, 0.1) is 18.3 Å². The quantitative estimate of drug-likeness (QED) is 0.741. The van der Waals surface area contributed by atoms with E-state index in [4.69, 9.17) is 11.6 Å². The molecule has 0 saturated heterocycles. The summed E-state index contributed by atoms with van der Waals surface area (Å²) in [6.07, 6.45) is 3.29. The maximum atomic E-state index is 9.34. The molecule has 0 N–H and O–H groups in total. The standard InChI is InChI=1S/C15H10BrClN2/c1-10-4-2-6-12(14(10)16)15(17)13(8-18)11-5-3-7-19-9-11/h2-7,9H,1H3/b15-13+. The van der Waals surface area contributed by atoms with Crippen molar-refractivity contribution >= 4 is 38.1 Å². The van der Waals surface area contributed by atoms with Crippen LogP contribution in [0.3, 0.4) is 0 Å². The average Bonchev–Trinajstić information content (AvgIpc) is 2.44. The monoisotopic (exact) mass is 332 g/mol. The Balaban J connectivity index is 2.63.